The first kappa shape index (κ1) is 9.21. The van der Waals surface area contributed by atoms with E-state index in [2.05, 4.69) is 0 Å². The van der Waals surface area contributed by atoms with Gasteiger partial charge in [-0.2, -0.15) is 0 Å². The Morgan fingerprint density at radius 3 is 2.86 bits per heavy atom. The average Bonchev–Trinajstić information content (AvgIpc) is 2.70. The molecule has 1 heterocycles. The molecular weight excluding hydrogens is 178 g/mol. The van der Waals surface area contributed by atoms with E-state index in [-0.39, 0.29) is 5.91 Å². The first-order valence-corrected chi connectivity index (χ1v) is 4.75. The third-order valence-electron chi connectivity index (χ3n) is 2.60. The molecule has 0 bridgehead atoms. The zero-order chi connectivity index (χ0) is 9.97. The number of hydrogen-bond donors (Lipinski definition) is 1. The van der Waals surface area contributed by atoms with Crippen LogP contribution in [-0.2, 0) is 4.74 Å². The number of carbonyl (C=O) groups excluding carboxylic acids is 1. The lowest BCUT2D eigenvalue weighted by Crippen LogP contribution is -2.15. The minimum absolute atomic E-state index is 0.332. The standard InChI is InChI=1S/C11H13NO2/c12-11(13)10-4-2-1-3-9(10)8-5-6-14-7-8/h1-4,8H,5-7H2,(H2,12,13)/t8-/m1/s1. The minimum atomic E-state index is -0.354. The molecular formula is C11H13NO2. The monoisotopic (exact) mass is 191 g/mol. The van der Waals surface area contributed by atoms with Crippen LogP contribution >= 0.6 is 0 Å². The van der Waals surface area contributed by atoms with Gasteiger partial charge in [0.05, 0.1) is 6.61 Å². The summed E-state index contributed by atoms with van der Waals surface area (Å²) in [7, 11) is 0. The van der Waals surface area contributed by atoms with Crippen molar-refractivity contribution in [2.24, 2.45) is 5.73 Å². The second-order valence-corrected chi connectivity index (χ2v) is 3.51. The number of rotatable bonds is 2. The van der Waals surface area contributed by atoms with Crippen molar-refractivity contribution in [2.45, 2.75) is 12.3 Å². The summed E-state index contributed by atoms with van der Waals surface area (Å²) in [4.78, 5) is 11.2. The molecule has 1 aromatic rings. The highest BCUT2D eigenvalue weighted by Gasteiger charge is 2.21. The molecule has 2 N–H and O–H groups in total. The number of ether oxygens (including phenoxy) is 1. The van der Waals surface area contributed by atoms with Gasteiger partial charge in [0, 0.05) is 18.1 Å². The third-order valence-corrected chi connectivity index (χ3v) is 2.60. The SMILES string of the molecule is NC(=O)c1ccccc1[C@@H]1CCOC1. The van der Waals surface area contributed by atoms with Crippen LogP contribution in [0, 0.1) is 0 Å². The van der Waals surface area contributed by atoms with E-state index >= 15 is 0 Å². The van der Waals surface area contributed by atoms with Gasteiger partial charge >= 0.3 is 0 Å². The van der Waals surface area contributed by atoms with Crippen molar-refractivity contribution in [1.82, 2.24) is 0 Å². The van der Waals surface area contributed by atoms with E-state index in [1.165, 1.54) is 0 Å². The fourth-order valence-corrected chi connectivity index (χ4v) is 1.86. The quantitative estimate of drug-likeness (QED) is 0.765. The first-order valence-electron chi connectivity index (χ1n) is 4.75. The van der Waals surface area contributed by atoms with Crippen LogP contribution in [0.4, 0.5) is 0 Å². The summed E-state index contributed by atoms with van der Waals surface area (Å²) in [5.74, 6) is -0.0220. The lowest BCUT2D eigenvalue weighted by molar-refractivity contribution is 0.0999. The summed E-state index contributed by atoms with van der Waals surface area (Å²) in [6.45, 7) is 1.47. The molecule has 0 saturated carbocycles. The molecule has 1 fully saturated rings. The molecule has 1 aliphatic heterocycles. The van der Waals surface area contributed by atoms with Crippen molar-refractivity contribution < 1.29 is 9.53 Å². The van der Waals surface area contributed by atoms with Crippen LogP contribution < -0.4 is 5.73 Å². The molecule has 0 spiro atoms. The van der Waals surface area contributed by atoms with Gasteiger partial charge in [0.15, 0.2) is 0 Å². The summed E-state index contributed by atoms with van der Waals surface area (Å²) in [6, 6.07) is 7.49. The van der Waals surface area contributed by atoms with E-state index < -0.39 is 0 Å². The lowest BCUT2D eigenvalue weighted by Gasteiger charge is -2.11. The molecule has 14 heavy (non-hydrogen) atoms. The summed E-state index contributed by atoms with van der Waals surface area (Å²) < 4.78 is 5.29. The fraction of sp³-hybridized carbons (Fsp3) is 0.364. The van der Waals surface area contributed by atoms with Crippen molar-refractivity contribution in [3.05, 3.63) is 35.4 Å². The molecule has 1 saturated heterocycles. The Bertz CT molecular complexity index is 343. The van der Waals surface area contributed by atoms with Crippen LogP contribution in [0.5, 0.6) is 0 Å². The number of nitrogens with two attached hydrogens (primary N) is 1. The maximum absolute atomic E-state index is 11.2. The zero-order valence-corrected chi connectivity index (χ0v) is 7.90. The lowest BCUT2D eigenvalue weighted by atomic mass is 9.93. The Hall–Kier alpha value is -1.35. The molecule has 3 heteroatoms. The van der Waals surface area contributed by atoms with E-state index in [0.717, 1.165) is 18.6 Å². The van der Waals surface area contributed by atoms with E-state index in [1.807, 2.05) is 18.2 Å². The molecule has 0 aromatic heterocycles. The number of hydrogen-bond acceptors (Lipinski definition) is 2. The maximum Gasteiger partial charge on any atom is 0.248 e. The van der Waals surface area contributed by atoms with Crippen molar-refractivity contribution in [2.75, 3.05) is 13.2 Å². The zero-order valence-electron chi connectivity index (χ0n) is 7.90. The third kappa shape index (κ3) is 1.63. The Balaban J connectivity index is 2.35. The average molecular weight is 191 g/mol. The molecule has 1 aromatic carbocycles. The van der Waals surface area contributed by atoms with E-state index in [0.29, 0.717) is 18.1 Å². The molecule has 0 radical (unpaired) electrons. The molecule has 0 aliphatic carbocycles. The van der Waals surface area contributed by atoms with Crippen LogP contribution in [0.25, 0.3) is 0 Å². The maximum atomic E-state index is 11.2. The van der Waals surface area contributed by atoms with Crippen LogP contribution in [0.3, 0.4) is 0 Å². The molecule has 2 rings (SSSR count). The van der Waals surface area contributed by atoms with Crippen LogP contribution in [0.2, 0.25) is 0 Å². The van der Waals surface area contributed by atoms with Gasteiger partial charge in [0.25, 0.3) is 0 Å². The highest BCUT2D eigenvalue weighted by atomic mass is 16.5. The molecule has 3 nitrogen and oxygen atoms in total. The fourth-order valence-electron chi connectivity index (χ4n) is 1.86. The summed E-state index contributed by atoms with van der Waals surface area (Å²) in [6.07, 6.45) is 0.976. The summed E-state index contributed by atoms with van der Waals surface area (Å²) in [5, 5.41) is 0. The minimum Gasteiger partial charge on any atom is -0.381 e. The van der Waals surface area contributed by atoms with Gasteiger partial charge in [-0.25, -0.2) is 0 Å². The van der Waals surface area contributed by atoms with E-state index in [1.54, 1.807) is 6.07 Å². The van der Waals surface area contributed by atoms with Crippen LogP contribution in [0.1, 0.15) is 28.3 Å². The number of primary amides is 1. The second-order valence-electron chi connectivity index (χ2n) is 3.51. The van der Waals surface area contributed by atoms with Gasteiger partial charge in [-0.3, -0.25) is 4.79 Å². The predicted molar refractivity (Wildman–Crippen MR) is 53.1 cm³/mol. The van der Waals surface area contributed by atoms with Gasteiger partial charge in [0.2, 0.25) is 5.91 Å². The largest absolute Gasteiger partial charge is 0.381 e. The topological polar surface area (TPSA) is 52.3 Å². The van der Waals surface area contributed by atoms with Crippen LogP contribution in [0.15, 0.2) is 24.3 Å². The number of benzene rings is 1. The normalized spacial score (nSPS) is 21.0. The smallest absolute Gasteiger partial charge is 0.248 e. The predicted octanol–water partition coefficient (Wildman–Crippen LogP) is 1.29. The Morgan fingerprint density at radius 2 is 2.21 bits per heavy atom. The van der Waals surface area contributed by atoms with Crippen molar-refractivity contribution in [3.8, 4) is 0 Å². The second kappa shape index (κ2) is 3.80. The first-order chi connectivity index (χ1) is 6.79. The van der Waals surface area contributed by atoms with Crippen molar-refractivity contribution in [3.63, 3.8) is 0 Å². The Labute approximate surface area is 82.9 Å². The van der Waals surface area contributed by atoms with Gasteiger partial charge in [-0.05, 0) is 18.1 Å². The Kier molecular flexibility index (Phi) is 2.50. The molecule has 1 aliphatic rings. The van der Waals surface area contributed by atoms with Crippen molar-refractivity contribution in [1.29, 1.82) is 0 Å². The van der Waals surface area contributed by atoms with Crippen molar-refractivity contribution >= 4 is 5.91 Å². The van der Waals surface area contributed by atoms with Gasteiger partial charge < -0.3 is 10.5 Å². The molecule has 1 atom stereocenters. The molecule has 0 unspecified atom stereocenters. The van der Waals surface area contributed by atoms with Gasteiger partial charge in [-0.15, -0.1) is 0 Å². The highest BCUT2D eigenvalue weighted by molar-refractivity contribution is 5.94. The molecule has 1 amide bonds. The summed E-state index contributed by atoms with van der Waals surface area (Å²) >= 11 is 0. The van der Waals surface area contributed by atoms with Crippen LogP contribution in [-0.4, -0.2) is 19.1 Å². The van der Waals surface area contributed by atoms with E-state index in [4.69, 9.17) is 10.5 Å². The molecule has 74 valence electrons. The van der Waals surface area contributed by atoms with Gasteiger partial charge in [-0.1, -0.05) is 18.2 Å². The van der Waals surface area contributed by atoms with Gasteiger partial charge in [0.1, 0.15) is 0 Å². The number of carbonyl (C=O) groups is 1. The Morgan fingerprint density at radius 1 is 1.43 bits per heavy atom. The summed E-state index contributed by atoms with van der Waals surface area (Å²) in [5.41, 5.74) is 6.96. The highest BCUT2D eigenvalue weighted by Crippen LogP contribution is 2.27. The number of amides is 1. The van der Waals surface area contributed by atoms with E-state index in [9.17, 15) is 4.79 Å².